The molecular weight excluding hydrogens is 526 g/mol. The van der Waals surface area contributed by atoms with Crippen LogP contribution < -0.4 is 5.32 Å². The third-order valence-corrected chi connectivity index (χ3v) is 7.83. The maximum absolute atomic E-state index is 13.7. The van der Waals surface area contributed by atoms with Gasteiger partial charge in [-0.05, 0) is 41.1 Å². The molecule has 0 fully saturated rings. The number of hydrogen-bond acceptors (Lipinski definition) is 9. The summed E-state index contributed by atoms with van der Waals surface area (Å²) >= 11 is 3.05. The molecule has 0 bridgehead atoms. The minimum absolute atomic E-state index is 0.0138. The van der Waals surface area contributed by atoms with Crippen molar-refractivity contribution in [2.45, 2.75) is 24.9 Å². The van der Waals surface area contributed by atoms with E-state index < -0.39 is 23.1 Å². The van der Waals surface area contributed by atoms with Gasteiger partial charge >= 0.3 is 6.09 Å². The summed E-state index contributed by atoms with van der Waals surface area (Å²) in [4.78, 5) is 47.7. The first-order valence-corrected chi connectivity index (χ1v) is 13.3. The molecule has 0 aliphatic carbocycles. The van der Waals surface area contributed by atoms with Gasteiger partial charge in [0.15, 0.2) is 0 Å². The fourth-order valence-corrected chi connectivity index (χ4v) is 5.55. The molecule has 10 nitrogen and oxygen atoms in total. The number of likely N-dealkylation sites (N-methyl/N-ethyl adjacent to an activating group) is 1. The van der Waals surface area contributed by atoms with Crippen LogP contribution in [-0.2, 0) is 22.4 Å². The van der Waals surface area contributed by atoms with Crippen LogP contribution in [0.15, 0.2) is 71.7 Å². The molecule has 2 atom stereocenters. The normalized spacial score (nSPS) is 12.4. The average Bonchev–Trinajstić information content (AvgIpc) is 3.64. The monoisotopic (exact) mass is 551 g/mol. The fraction of sp³-hybridized carbons (Fsp3) is 0.231. The first-order chi connectivity index (χ1) is 18.4. The highest BCUT2D eigenvalue weighted by molar-refractivity contribution is 7.20. The Morgan fingerprint density at radius 1 is 1.08 bits per heavy atom. The van der Waals surface area contributed by atoms with Gasteiger partial charge in [-0.25, -0.2) is 9.78 Å². The Labute approximate surface area is 227 Å². The Kier molecular flexibility index (Phi) is 8.77. The zero-order valence-corrected chi connectivity index (χ0v) is 22.3. The standard InChI is InChI=1S/C26H25N5O5S2/c1-30(26(33)36-2)22(15-18-9-11-27-12-10-18)24(32)28-20(14-17-5-7-19(8-6-17)31(34)35)21-16-38-25(29-21)23-4-3-13-37-23/h3-13,16,20,22H,14-15H2,1-2H3,(H,28,32)/t20-,22-/m0/s1. The lowest BCUT2D eigenvalue weighted by molar-refractivity contribution is -0.384. The molecule has 0 aliphatic heterocycles. The number of nitro groups is 1. The van der Waals surface area contributed by atoms with Crippen molar-refractivity contribution in [3.05, 3.63) is 98.6 Å². The molecule has 1 aromatic carbocycles. The SMILES string of the molecule is COC(=O)N(C)[C@@H](Cc1ccncc1)C(=O)N[C@@H](Cc1ccc([N+](=O)[O-])cc1)c1csc(-c2cccs2)n1. The van der Waals surface area contributed by atoms with Crippen LogP contribution in [0.2, 0.25) is 0 Å². The molecule has 12 heteroatoms. The van der Waals surface area contributed by atoms with Gasteiger partial charge in [-0.15, -0.1) is 22.7 Å². The van der Waals surface area contributed by atoms with Crippen LogP contribution in [-0.4, -0.2) is 52.0 Å². The molecule has 0 spiro atoms. The molecule has 4 aromatic rings. The van der Waals surface area contributed by atoms with Gasteiger partial charge in [-0.2, -0.15) is 0 Å². The Hall–Kier alpha value is -4.16. The summed E-state index contributed by atoms with van der Waals surface area (Å²) in [5.41, 5.74) is 2.27. The van der Waals surface area contributed by atoms with E-state index in [1.54, 1.807) is 48.0 Å². The number of methoxy groups -OCH3 is 1. The van der Waals surface area contributed by atoms with Gasteiger partial charge in [-0.3, -0.25) is 24.8 Å². The number of benzene rings is 1. The second-order valence-electron chi connectivity index (χ2n) is 8.40. The maximum atomic E-state index is 13.7. The third kappa shape index (κ3) is 6.58. The second-order valence-corrected chi connectivity index (χ2v) is 10.2. The number of thiazole rings is 1. The van der Waals surface area contributed by atoms with E-state index in [4.69, 9.17) is 9.72 Å². The third-order valence-electron chi connectivity index (χ3n) is 5.93. The second kappa shape index (κ2) is 12.4. The van der Waals surface area contributed by atoms with Crippen molar-refractivity contribution >= 4 is 40.4 Å². The molecule has 3 heterocycles. The molecule has 0 radical (unpaired) electrons. The first kappa shape index (κ1) is 26.9. The molecule has 2 amide bonds. The van der Waals surface area contributed by atoms with Crippen LogP contribution in [0, 0.1) is 10.1 Å². The van der Waals surface area contributed by atoms with E-state index in [0.717, 1.165) is 21.0 Å². The summed E-state index contributed by atoms with van der Waals surface area (Å²) in [6.07, 6.45) is 3.21. The molecule has 0 aliphatic rings. The van der Waals surface area contributed by atoms with Gasteiger partial charge < -0.3 is 10.1 Å². The molecule has 1 N–H and O–H groups in total. The lowest BCUT2D eigenvalue weighted by atomic mass is 10.0. The highest BCUT2D eigenvalue weighted by Crippen LogP contribution is 2.31. The van der Waals surface area contributed by atoms with Crippen molar-refractivity contribution in [2.75, 3.05) is 14.2 Å². The van der Waals surface area contributed by atoms with E-state index in [1.807, 2.05) is 22.9 Å². The van der Waals surface area contributed by atoms with Gasteiger partial charge in [0.05, 0.1) is 28.6 Å². The zero-order chi connectivity index (χ0) is 27.1. The lowest BCUT2D eigenvalue weighted by Gasteiger charge is -2.28. The number of carbonyl (C=O) groups is 2. The van der Waals surface area contributed by atoms with Crippen LogP contribution in [0.25, 0.3) is 9.88 Å². The number of ether oxygens (including phenoxy) is 1. The van der Waals surface area contributed by atoms with Crippen LogP contribution in [0.1, 0.15) is 22.9 Å². The van der Waals surface area contributed by atoms with Crippen LogP contribution >= 0.6 is 22.7 Å². The van der Waals surface area contributed by atoms with E-state index in [2.05, 4.69) is 10.3 Å². The highest BCUT2D eigenvalue weighted by atomic mass is 32.1. The number of nitrogens with one attached hydrogen (secondary N) is 1. The van der Waals surface area contributed by atoms with Gasteiger partial charge in [0.2, 0.25) is 5.91 Å². The summed E-state index contributed by atoms with van der Waals surface area (Å²) in [6.45, 7) is 0. The number of carbonyl (C=O) groups excluding carboxylic acids is 2. The van der Waals surface area contributed by atoms with E-state index in [1.165, 1.54) is 42.5 Å². The molecule has 0 unspecified atom stereocenters. The van der Waals surface area contributed by atoms with Crippen molar-refractivity contribution in [2.24, 2.45) is 0 Å². The summed E-state index contributed by atoms with van der Waals surface area (Å²) < 4.78 is 4.87. The van der Waals surface area contributed by atoms with E-state index in [-0.39, 0.29) is 18.0 Å². The number of rotatable bonds is 10. The molecule has 196 valence electrons. The van der Waals surface area contributed by atoms with Crippen molar-refractivity contribution in [1.29, 1.82) is 0 Å². The van der Waals surface area contributed by atoms with Crippen molar-refractivity contribution in [3.8, 4) is 9.88 Å². The number of thiophene rings is 1. The number of aromatic nitrogens is 2. The summed E-state index contributed by atoms with van der Waals surface area (Å²) in [6, 6.07) is 12.3. The Morgan fingerprint density at radius 3 is 2.42 bits per heavy atom. The molecule has 0 saturated carbocycles. The Bertz CT molecular complexity index is 1380. The minimum atomic E-state index is -0.861. The van der Waals surface area contributed by atoms with Crippen LogP contribution in [0.4, 0.5) is 10.5 Å². The topological polar surface area (TPSA) is 128 Å². The molecule has 38 heavy (non-hydrogen) atoms. The summed E-state index contributed by atoms with van der Waals surface area (Å²) in [5, 5.41) is 18.8. The molecule has 4 rings (SSSR count). The Morgan fingerprint density at radius 2 is 1.79 bits per heavy atom. The quantitative estimate of drug-likeness (QED) is 0.220. The number of nitro benzene ring substituents is 1. The van der Waals surface area contributed by atoms with E-state index in [9.17, 15) is 19.7 Å². The van der Waals surface area contributed by atoms with Crippen molar-refractivity contribution in [1.82, 2.24) is 20.2 Å². The molecule has 0 saturated heterocycles. The predicted octanol–water partition coefficient (Wildman–Crippen LogP) is 4.88. The fourth-order valence-electron chi connectivity index (χ4n) is 3.87. The average molecular weight is 552 g/mol. The largest absolute Gasteiger partial charge is 0.453 e. The van der Waals surface area contributed by atoms with Crippen molar-refractivity contribution in [3.63, 3.8) is 0 Å². The van der Waals surface area contributed by atoms with Crippen molar-refractivity contribution < 1.29 is 19.2 Å². The number of amides is 2. The van der Waals surface area contributed by atoms with Crippen LogP contribution in [0.3, 0.4) is 0 Å². The van der Waals surface area contributed by atoms with Gasteiger partial charge in [0.25, 0.3) is 5.69 Å². The van der Waals surface area contributed by atoms with Gasteiger partial charge in [-0.1, -0.05) is 18.2 Å². The summed E-state index contributed by atoms with van der Waals surface area (Å²) in [5.74, 6) is -0.382. The van der Waals surface area contributed by atoms with Crippen LogP contribution in [0.5, 0.6) is 0 Å². The minimum Gasteiger partial charge on any atom is -0.453 e. The number of non-ortho nitro benzene ring substituents is 1. The molecule has 3 aromatic heterocycles. The van der Waals surface area contributed by atoms with Gasteiger partial charge in [0.1, 0.15) is 11.0 Å². The van der Waals surface area contributed by atoms with E-state index >= 15 is 0 Å². The lowest BCUT2D eigenvalue weighted by Crippen LogP contribution is -2.50. The predicted molar refractivity (Wildman–Crippen MR) is 145 cm³/mol. The first-order valence-electron chi connectivity index (χ1n) is 11.6. The highest BCUT2D eigenvalue weighted by Gasteiger charge is 2.30. The van der Waals surface area contributed by atoms with E-state index in [0.29, 0.717) is 12.1 Å². The zero-order valence-electron chi connectivity index (χ0n) is 20.6. The maximum Gasteiger partial charge on any atom is 0.409 e. The Balaban J connectivity index is 1.63. The number of pyridine rings is 1. The summed E-state index contributed by atoms with van der Waals surface area (Å²) in [7, 11) is 2.78. The number of nitrogens with zero attached hydrogens (tertiary/aromatic N) is 4. The molecular formula is C26H25N5O5S2. The number of hydrogen-bond donors (Lipinski definition) is 1. The smallest absolute Gasteiger partial charge is 0.409 e. The van der Waals surface area contributed by atoms with Gasteiger partial charge in [0, 0.05) is 43.4 Å².